The summed E-state index contributed by atoms with van der Waals surface area (Å²) in [5.41, 5.74) is 2.82. The van der Waals surface area contributed by atoms with Crippen molar-refractivity contribution in [2.75, 3.05) is 12.4 Å². The van der Waals surface area contributed by atoms with Crippen LogP contribution < -0.4 is 10.6 Å². The topological polar surface area (TPSA) is 58.2 Å². The van der Waals surface area contributed by atoms with Gasteiger partial charge in [-0.25, -0.2) is 0 Å². The molecule has 4 nitrogen and oxygen atoms in total. The minimum absolute atomic E-state index is 0.0249. The predicted molar refractivity (Wildman–Crippen MR) is 103 cm³/mol. The molecular weight excluding hydrogens is 380 g/mol. The number of amides is 2. The monoisotopic (exact) mass is 400 g/mol. The Balaban J connectivity index is 1.83. The molecule has 2 aromatic carbocycles. The van der Waals surface area contributed by atoms with Gasteiger partial charge in [-0.05, 0) is 61.2 Å². The molecule has 0 atom stereocenters. The normalized spacial score (nSPS) is 15.2. The maximum atomic E-state index is 13.0. The summed E-state index contributed by atoms with van der Waals surface area (Å²) in [7, 11) is 1.60. The molecule has 25 heavy (non-hydrogen) atoms. The van der Waals surface area contributed by atoms with Crippen LogP contribution in [0.15, 0.2) is 46.9 Å². The summed E-state index contributed by atoms with van der Waals surface area (Å²) in [6, 6.07) is 13.3. The van der Waals surface area contributed by atoms with Crippen LogP contribution in [0.25, 0.3) is 0 Å². The highest BCUT2D eigenvalue weighted by Gasteiger charge is 2.45. The Morgan fingerprint density at radius 1 is 1.08 bits per heavy atom. The molecule has 0 bridgehead atoms. The first-order chi connectivity index (χ1) is 12.0. The van der Waals surface area contributed by atoms with Gasteiger partial charge in [0.25, 0.3) is 5.91 Å². The number of nitrogens with one attached hydrogen (secondary N) is 2. The molecule has 2 aromatic rings. The van der Waals surface area contributed by atoms with Gasteiger partial charge in [0.1, 0.15) is 0 Å². The van der Waals surface area contributed by atoms with E-state index in [0.717, 1.165) is 40.5 Å². The van der Waals surface area contributed by atoms with Gasteiger partial charge >= 0.3 is 0 Å². The van der Waals surface area contributed by atoms with Crippen molar-refractivity contribution in [1.29, 1.82) is 0 Å². The number of hydrogen-bond donors (Lipinski definition) is 2. The third kappa shape index (κ3) is 3.33. The predicted octanol–water partition coefficient (Wildman–Crippen LogP) is 4.18. The van der Waals surface area contributed by atoms with Crippen molar-refractivity contribution in [1.82, 2.24) is 5.32 Å². The Labute approximate surface area is 156 Å². The third-order valence-electron chi connectivity index (χ3n) is 5.00. The van der Waals surface area contributed by atoms with Crippen molar-refractivity contribution in [3.63, 3.8) is 0 Å². The molecule has 1 aliphatic rings. The van der Waals surface area contributed by atoms with Gasteiger partial charge in [-0.2, -0.15) is 0 Å². The van der Waals surface area contributed by atoms with E-state index >= 15 is 0 Å². The first-order valence-electron chi connectivity index (χ1n) is 8.36. The third-order valence-corrected chi connectivity index (χ3v) is 5.53. The molecule has 2 N–H and O–H groups in total. The highest BCUT2D eigenvalue weighted by molar-refractivity contribution is 9.10. The summed E-state index contributed by atoms with van der Waals surface area (Å²) >= 11 is 3.44. The van der Waals surface area contributed by atoms with E-state index in [0.29, 0.717) is 5.56 Å². The van der Waals surface area contributed by atoms with Gasteiger partial charge < -0.3 is 10.6 Å². The van der Waals surface area contributed by atoms with Crippen LogP contribution in [-0.2, 0) is 10.2 Å². The lowest BCUT2D eigenvalue weighted by Crippen LogP contribution is -2.46. The Morgan fingerprint density at radius 3 is 2.28 bits per heavy atom. The van der Waals surface area contributed by atoms with Crippen molar-refractivity contribution in [3.05, 3.63) is 63.6 Å². The fraction of sp³-hybridized carbons (Fsp3) is 0.300. The first kappa shape index (κ1) is 17.7. The maximum Gasteiger partial charge on any atom is 0.251 e. The number of hydrogen-bond acceptors (Lipinski definition) is 2. The minimum atomic E-state index is -0.452. The average molecular weight is 401 g/mol. The number of rotatable bonds is 4. The van der Waals surface area contributed by atoms with Gasteiger partial charge in [-0.3, -0.25) is 9.59 Å². The van der Waals surface area contributed by atoms with E-state index in [1.54, 1.807) is 25.2 Å². The summed E-state index contributed by atoms with van der Waals surface area (Å²) < 4.78 is 1.01. The van der Waals surface area contributed by atoms with E-state index in [1.165, 1.54) is 0 Å². The fourth-order valence-electron chi connectivity index (χ4n) is 3.28. The zero-order valence-corrected chi connectivity index (χ0v) is 15.9. The van der Waals surface area contributed by atoms with Crippen LogP contribution in [0, 0.1) is 6.92 Å². The van der Waals surface area contributed by atoms with Gasteiger partial charge in [0, 0.05) is 22.8 Å². The quantitative estimate of drug-likeness (QED) is 0.808. The molecule has 3 rings (SSSR count). The molecule has 2 amide bonds. The molecule has 5 heteroatoms. The van der Waals surface area contributed by atoms with E-state index in [-0.39, 0.29) is 11.8 Å². The Morgan fingerprint density at radius 2 is 1.76 bits per heavy atom. The van der Waals surface area contributed by atoms with E-state index in [2.05, 4.69) is 26.6 Å². The Bertz CT molecular complexity index is 811. The van der Waals surface area contributed by atoms with E-state index in [9.17, 15) is 9.59 Å². The van der Waals surface area contributed by atoms with Crippen molar-refractivity contribution in [3.8, 4) is 0 Å². The molecule has 0 spiro atoms. The highest BCUT2D eigenvalue weighted by Crippen LogP contribution is 2.45. The number of halogens is 1. The van der Waals surface area contributed by atoms with Crippen molar-refractivity contribution < 1.29 is 9.59 Å². The van der Waals surface area contributed by atoms with Crippen molar-refractivity contribution in [2.45, 2.75) is 31.6 Å². The number of anilines is 1. The molecule has 0 saturated heterocycles. The van der Waals surface area contributed by atoms with Gasteiger partial charge in [-0.1, -0.05) is 34.5 Å². The number of benzene rings is 2. The highest BCUT2D eigenvalue weighted by atomic mass is 79.9. The molecule has 0 radical (unpaired) electrons. The SMILES string of the molecule is CNC(=O)c1ccc(NC(=O)C2(c3ccc(Br)cc3)CCC2)c(C)c1. The zero-order valence-electron chi connectivity index (χ0n) is 14.4. The lowest BCUT2D eigenvalue weighted by Gasteiger charge is -2.40. The van der Waals surface area contributed by atoms with Crippen LogP contribution in [0.4, 0.5) is 5.69 Å². The van der Waals surface area contributed by atoms with E-state index in [4.69, 9.17) is 0 Å². The van der Waals surface area contributed by atoms with Crippen molar-refractivity contribution in [2.24, 2.45) is 0 Å². The number of carbonyl (C=O) groups is 2. The summed E-state index contributed by atoms with van der Waals surface area (Å²) in [4.78, 5) is 24.8. The standard InChI is InChI=1S/C20H21BrN2O2/c1-13-12-14(18(24)22-2)4-9-17(13)23-19(25)20(10-3-11-20)15-5-7-16(21)8-6-15/h4-9,12H,3,10-11H2,1-2H3,(H,22,24)(H,23,25). The second-order valence-corrected chi connectivity index (χ2v) is 7.42. The number of aryl methyl sites for hydroxylation is 1. The molecule has 1 aliphatic carbocycles. The zero-order chi connectivity index (χ0) is 18.0. The molecule has 0 aliphatic heterocycles. The van der Waals surface area contributed by atoms with E-state index in [1.807, 2.05) is 31.2 Å². The molecule has 0 aromatic heterocycles. The molecule has 1 saturated carbocycles. The largest absolute Gasteiger partial charge is 0.355 e. The fourth-order valence-corrected chi connectivity index (χ4v) is 3.54. The van der Waals surface area contributed by atoms with Crippen LogP contribution in [0.2, 0.25) is 0 Å². The van der Waals surface area contributed by atoms with Gasteiger partial charge in [0.05, 0.1) is 5.41 Å². The summed E-state index contributed by atoms with van der Waals surface area (Å²) in [5.74, 6) is -0.108. The van der Waals surface area contributed by atoms with Crippen LogP contribution in [-0.4, -0.2) is 18.9 Å². The average Bonchev–Trinajstić information content (AvgIpc) is 2.56. The Hall–Kier alpha value is -2.14. The van der Waals surface area contributed by atoms with Gasteiger partial charge in [0.2, 0.25) is 5.91 Å². The second kappa shape index (κ2) is 7.00. The minimum Gasteiger partial charge on any atom is -0.355 e. The first-order valence-corrected chi connectivity index (χ1v) is 9.16. The molecule has 0 heterocycles. The lowest BCUT2D eigenvalue weighted by atomic mass is 9.64. The molecule has 130 valence electrons. The molecule has 1 fully saturated rings. The summed E-state index contributed by atoms with van der Waals surface area (Å²) in [5, 5.41) is 5.68. The summed E-state index contributed by atoms with van der Waals surface area (Å²) in [6.45, 7) is 1.90. The molecular formula is C20H21BrN2O2. The van der Waals surface area contributed by atoms with E-state index < -0.39 is 5.41 Å². The van der Waals surface area contributed by atoms with Crippen LogP contribution in [0.1, 0.15) is 40.7 Å². The smallest absolute Gasteiger partial charge is 0.251 e. The summed E-state index contributed by atoms with van der Waals surface area (Å²) in [6.07, 6.45) is 2.77. The van der Waals surface area contributed by atoms with Crippen LogP contribution in [0.3, 0.4) is 0 Å². The second-order valence-electron chi connectivity index (χ2n) is 6.51. The molecule has 0 unspecified atom stereocenters. The van der Waals surface area contributed by atoms with Crippen LogP contribution >= 0.6 is 15.9 Å². The number of carbonyl (C=O) groups excluding carboxylic acids is 2. The van der Waals surface area contributed by atoms with Crippen LogP contribution in [0.5, 0.6) is 0 Å². The lowest BCUT2D eigenvalue weighted by molar-refractivity contribution is -0.124. The Kier molecular flexibility index (Phi) is 4.95. The van der Waals surface area contributed by atoms with Gasteiger partial charge in [0.15, 0.2) is 0 Å². The maximum absolute atomic E-state index is 13.0. The van der Waals surface area contributed by atoms with Gasteiger partial charge in [-0.15, -0.1) is 0 Å². The van der Waals surface area contributed by atoms with Crippen molar-refractivity contribution >= 4 is 33.4 Å².